The highest BCUT2D eigenvalue weighted by Crippen LogP contribution is 2.12. The number of nitrogens with zero attached hydrogens (tertiary/aromatic N) is 1. The molecule has 0 aliphatic carbocycles. The van der Waals surface area contributed by atoms with E-state index in [2.05, 4.69) is 16.9 Å². The van der Waals surface area contributed by atoms with Crippen molar-refractivity contribution in [3.8, 4) is 0 Å². The number of carbonyl (C=O) groups excluding carboxylic acids is 1. The predicted octanol–water partition coefficient (Wildman–Crippen LogP) is 1.61. The number of nitrogens with one attached hydrogen (secondary N) is 2. The second-order valence-electron chi connectivity index (χ2n) is 4.95. The van der Waals surface area contributed by atoms with E-state index in [4.69, 9.17) is 0 Å². The molecule has 0 atom stereocenters. The van der Waals surface area contributed by atoms with Crippen LogP contribution in [0.25, 0.3) is 10.2 Å². The van der Waals surface area contributed by atoms with Crippen LogP contribution < -0.4 is 16.6 Å². The van der Waals surface area contributed by atoms with E-state index >= 15 is 0 Å². The fourth-order valence-electron chi connectivity index (χ4n) is 2.18. The number of amides is 1. The van der Waals surface area contributed by atoms with E-state index in [0.717, 1.165) is 12.8 Å². The van der Waals surface area contributed by atoms with Gasteiger partial charge in [0.25, 0.3) is 5.56 Å². The lowest BCUT2D eigenvalue weighted by Gasteiger charge is -2.05. The van der Waals surface area contributed by atoms with Crippen molar-refractivity contribution in [1.82, 2.24) is 14.9 Å². The minimum Gasteiger partial charge on any atom is -0.353 e. The van der Waals surface area contributed by atoms with E-state index in [9.17, 15) is 14.4 Å². The van der Waals surface area contributed by atoms with E-state index in [1.807, 2.05) is 0 Å². The third kappa shape index (κ3) is 3.94. The van der Waals surface area contributed by atoms with Gasteiger partial charge in [0.2, 0.25) is 5.91 Å². The van der Waals surface area contributed by atoms with Crippen LogP contribution in [0.3, 0.4) is 0 Å². The molecule has 22 heavy (non-hydrogen) atoms. The Balaban J connectivity index is 1.85. The van der Waals surface area contributed by atoms with E-state index in [1.54, 1.807) is 17.5 Å². The highest BCUT2D eigenvalue weighted by molar-refractivity contribution is 7.17. The molecule has 0 bridgehead atoms. The lowest BCUT2D eigenvalue weighted by Crippen LogP contribution is -2.34. The zero-order valence-corrected chi connectivity index (χ0v) is 13.1. The van der Waals surface area contributed by atoms with E-state index < -0.39 is 0 Å². The highest BCUT2D eigenvalue weighted by Gasteiger charge is 2.08. The lowest BCUT2D eigenvalue weighted by atomic mass is 10.2. The summed E-state index contributed by atoms with van der Waals surface area (Å²) in [4.78, 5) is 38.2. The van der Waals surface area contributed by atoms with Crippen LogP contribution in [0.15, 0.2) is 33.7 Å². The summed E-state index contributed by atoms with van der Waals surface area (Å²) >= 11 is 1.33. The van der Waals surface area contributed by atoms with Gasteiger partial charge in [0.15, 0.2) is 0 Å². The van der Waals surface area contributed by atoms with Crippen molar-refractivity contribution in [3.05, 3.63) is 44.9 Å². The summed E-state index contributed by atoms with van der Waals surface area (Å²) < 4.78 is 1.81. The van der Waals surface area contributed by atoms with Gasteiger partial charge in [0, 0.05) is 19.5 Å². The third-order valence-electron chi connectivity index (χ3n) is 3.32. The Morgan fingerprint density at radius 2 is 2.18 bits per heavy atom. The third-order valence-corrected chi connectivity index (χ3v) is 4.22. The molecule has 0 radical (unpaired) electrons. The molecule has 118 valence electrons. The fourth-order valence-corrected chi connectivity index (χ4v) is 2.98. The number of H-pyrrole nitrogens is 1. The van der Waals surface area contributed by atoms with Crippen molar-refractivity contribution in [2.24, 2.45) is 0 Å². The van der Waals surface area contributed by atoms with Crippen molar-refractivity contribution in [3.63, 3.8) is 0 Å². The topological polar surface area (TPSA) is 84.0 Å². The van der Waals surface area contributed by atoms with E-state index in [-0.39, 0.29) is 17.2 Å². The molecular weight excluding hydrogens is 302 g/mol. The summed E-state index contributed by atoms with van der Waals surface area (Å²) in [6, 6.07) is 1.73. The molecule has 0 aliphatic rings. The average Bonchev–Trinajstić information content (AvgIpc) is 2.96. The van der Waals surface area contributed by atoms with Crippen LogP contribution in [0.1, 0.15) is 25.7 Å². The first-order valence-corrected chi connectivity index (χ1v) is 8.09. The SMILES string of the molecule is C=CCNC(=O)CCCCCn1c(=O)[nH]c2ccsc2c1=O. The maximum absolute atomic E-state index is 12.2. The monoisotopic (exact) mass is 321 g/mol. The Bertz CT molecular complexity index is 772. The van der Waals surface area contributed by atoms with Crippen molar-refractivity contribution in [1.29, 1.82) is 0 Å². The van der Waals surface area contributed by atoms with E-state index in [1.165, 1.54) is 15.9 Å². The molecule has 0 unspecified atom stereocenters. The Kier molecular flexibility index (Phi) is 5.71. The van der Waals surface area contributed by atoms with Crippen molar-refractivity contribution < 1.29 is 4.79 Å². The number of rotatable bonds is 8. The molecule has 0 aromatic carbocycles. The molecule has 0 spiro atoms. The first-order valence-electron chi connectivity index (χ1n) is 7.21. The zero-order valence-electron chi connectivity index (χ0n) is 12.3. The van der Waals surface area contributed by atoms with Crippen LogP contribution in [0.5, 0.6) is 0 Å². The summed E-state index contributed by atoms with van der Waals surface area (Å²) in [5.41, 5.74) is -0.0211. The van der Waals surface area contributed by atoms with Crippen LogP contribution in [-0.2, 0) is 11.3 Å². The fraction of sp³-hybridized carbons (Fsp3) is 0.400. The molecule has 0 saturated heterocycles. The van der Waals surface area contributed by atoms with Gasteiger partial charge in [-0.15, -0.1) is 17.9 Å². The summed E-state index contributed by atoms with van der Waals surface area (Å²) in [5, 5.41) is 4.50. The van der Waals surface area contributed by atoms with Crippen molar-refractivity contribution in [2.75, 3.05) is 6.54 Å². The number of unbranched alkanes of at least 4 members (excludes halogenated alkanes) is 2. The maximum atomic E-state index is 12.2. The highest BCUT2D eigenvalue weighted by atomic mass is 32.1. The Hall–Kier alpha value is -2.15. The standard InChI is InChI=1S/C15H19N3O3S/c1-2-8-16-12(19)6-4-3-5-9-18-14(20)13-11(7-10-22-13)17-15(18)21/h2,7,10H,1,3-6,8-9H2,(H,16,19)(H,17,21). The molecule has 2 rings (SSSR count). The minimum absolute atomic E-state index is 0.00470. The van der Waals surface area contributed by atoms with Gasteiger partial charge in [0.05, 0.1) is 5.52 Å². The average molecular weight is 321 g/mol. The number of aromatic nitrogens is 2. The summed E-state index contributed by atoms with van der Waals surface area (Å²) in [7, 11) is 0. The van der Waals surface area contributed by atoms with Gasteiger partial charge in [-0.1, -0.05) is 12.5 Å². The molecule has 0 fully saturated rings. The Morgan fingerprint density at radius 3 is 2.95 bits per heavy atom. The molecule has 2 N–H and O–H groups in total. The first kappa shape index (κ1) is 16.2. The van der Waals surface area contributed by atoms with Crippen LogP contribution in [0.2, 0.25) is 0 Å². The van der Waals surface area contributed by atoms with Gasteiger partial charge in [-0.2, -0.15) is 0 Å². The normalized spacial score (nSPS) is 10.7. The number of carbonyl (C=O) groups is 1. The van der Waals surface area contributed by atoms with Gasteiger partial charge in [-0.3, -0.25) is 14.2 Å². The zero-order chi connectivity index (χ0) is 15.9. The molecule has 0 aliphatic heterocycles. The quantitative estimate of drug-likeness (QED) is 0.572. The summed E-state index contributed by atoms with van der Waals surface area (Å²) in [6.45, 7) is 4.38. The molecule has 2 aromatic heterocycles. The van der Waals surface area contributed by atoms with Crippen LogP contribution in [0, 0.1) is 0 Å². The Morgan fingerprint density at radius 1 is 1.36 bits per heavy atom. The second kappa shape index (κ2) is 7.74. The van der Waals surface area contributed by atoms with Crippen molar-refractivity contribution >= 4 is 27.5 Å². The molecule has 1 amide bonds. The van der Waals surface area contributed by atoms with Gasteiger partial charge >= 0.3 is 5.69 Å². The van der Waals surface area contributed by atoms with Gasteiger partial charge in [-0.05, 0) is 24.3 Å². The number of hydrogen-bond donors (Lipinski definition) is 2. The maximum Gasteiger partial charge on any atom is 0.328 e. The van der Waals surface area contributed by atoms with Gasteiger partial charge in [0.1, 0.15) is 4.70 Å². The van der Waals surface area contributed by atoms with Crippen LogP contribution in [-0.4, -0.2) is 22.0 Å². The summed E-state index contributed by atoms with van der Waals surface area (Å²) in [6.07, 6.45) is 4.29. The van der Waals surface area contributed by atoms with Crippen LogP contribution in [0.4, 0.5) is 0 Å². The smallest absolute Gasteiger partial charge is 0.328 e. The predicted molar refractivity (Wildman–Crippen MR) is 88.4 cm³/mol. The Labute approximate surface area is 131 Å². The summed E-state index contributed by atoms with van der Waals surface area (Å²) in [5.74, 6) is -0.00470. The molecule has 2 aromatic rings. The number of thiophene rings is 1. The second-order valence-corrected chi connectivity index (χ2v) is 5.87. The number of aromatic amines is 1. The number of fused-ring (bicyclic) bond motifs is 1. The van der Waals surface area contributed by atoms with Crippen molar-refractivity contribution in [2.45, 2.75) is 32.2 Å². The largest absolute Gasteiger partial charge is 0.353 e. The molecule has 0 saturated carbocycles. The molecule has 7 heteroatoms. The molecule has 6 nitrogen and oxygen atoms in total. The van der Waals surface area contributed by atoms with Gasteiger partial charge in [-0.25, -0.2) is 4.79 Å². The first-order chi connectivity index (χ1) is 10.6. The minimum atomic E-state index is -0.375. The van der Waals surface area contributed by atoms with Gasteiger partial charge < -0.3 is 10.3 Å². The molecular formula is C15H19N3O3S. The van der Waals surface area contributed by atoms with E-state index in [0.29, 0.717) is 36.1 Å². The lowest BCUT2D eigenvalue weighted by molar-refractivity contribution is -0.121. The van der Waals surface area contributed by atoms with Crippen LogP contribution >= 0.6 is 11.3 Å². The molecule has 2 heterocycles. The number of hydrogen-bond acceptors (Lipinski definition) is 4.